The molecule has 1 aliphatic rings. The van der Waals surface area contributed by atoms with Gasteiger partial charge in [0.25, 0.3) is 5.76 Å². The Bertz CT molecular complexity index is 1620. The second kappa shape index (κ2) is 11.6. The standard InChI is InChI=1S/C30H28F3NO7/c1-4-38-23-7-5-6-8-24(23)40-28-26(35)19-10-12-21-20(27(19)41-29(28)30(31,32)33)16-34(17-39-21)14-13-18-9-11-22(36-2)25(15-18)37-3/h5-12,15H,4,13-14,16-17H2,1-3H3. The molecule has 0 N–H and O–H groups in total. The molecule has 0 fully saturated rings. The van der Waals surface area contributed by atoms with E-state index in [1.54, 1.807) is 45.4 Å². The van der Waals surface area contributed by atoms with Gasteiger partial charge in [0, 0.05) is 13.1 Å². The quantitative estimate of drug-likeness (QED) is 0.228. The molecule has 0 saturated carbocycles. The smallest absolute Gasteiger partial charge is 0.453 e. The van der Waals surface area contributed by atoms with E-state index in [0.717, 1.165) is 5.56 Å². The van der Waals surface area contributed by atoms with Crippen LogP contribution in [-0.4, -0.2) is 39.0 Å². The number of nitrogens with zero attached hydrogens (tertiary/aromatic N) is 1. The second-order valence-corrected chi connectivity index (χ2v) is 9.25. The average molecular weight is 572 g/mol. The molecule has 0 bridgehead atoms. The summed E-state index contributed by atoms with van der Waals surface area (Å²) in [6.07, 6.45) is -4.40. The van der Waals surface area contributed by atoms with Crippen LogP contribution in [0.3, 0.4) is 0 Å². The van der Waals surface area contributed by atoms with Crippen LogP contribution in [0.25, 0.3) is 11.0 Å². The predicted molar refractivity (Wildman–Crippen MR) is 144 cm³/mol. The summed E-state index contributed by atoms with van der Waals surface area (Å²) in [5.41, 5.74) is 0.188. The molecule has 0 aliphatic carbocycles. The van der Waals surface area contributed by atoms with Gasteiger partial charge in [-0.25, -0.2) is 0 Å². The lowest BCUT2D eigenvalue weighted by molar-refractivity contribution is -0.154. The van der Waals surface area contributed by atoms with Crippen LogP contribution in [0.2, 0.25) is 0 Å². The molecule has 2 heterocycles. The van der Waals surface area contributed by atoms with E-state index in [-0.39, 0.29) is 42.4 Å². The lowest BCUT2D eigenvalue weighted by Crippen LogP contribution is -2.34. The molecule has 0 amide bonds. The van der Waals surface area contributed by atoms with Crippen molar-refractivity contribution in [3.8, 4) is 34.5 Å². The van der Waals surface area contributed by atoms with Crippen molar-refractivity contribution in [3.05, 3.63) is 81.7 Å². The normalized spacial score (nSPS) is 13.4. The Morgan fingerprint density at radius 1 is 0.951 bits per heavy atom. The van der Waals surface area contributed by atoms with E-state index in [9.17, 15) is 18.0 Å². The van der Waals surface area contributed by atoms with Gasteiger partial charge in [-0.2, -0.15) is 13.2 Å². The molecule has 3 aromatic carbocycles. The van der Waals surface area contributed by atoms with Gasteiger partial charge < -0.3 is 28.1 Å². The summed E-state index contributed by atoms with van der Waals surface area (Å²) in [6.45, 7) is 2.94. The van der Waals surface area contributed by atoms with Crippen LogP contribution in [0.15, 0.2) is 63.8 Å². The first-order valence-electron chi connectivity index (χ1n) is 12.9. The Hall–Kier alpha value is -4.38. The van der Waals surface area contributed by atoms with Crippen molar-refractivity contribution < 1.29 is 41.3 Å². The fourth-order valence-electron chi connectivity index (χ4n) is 4.66. The first-order chi connectivity index (χ1) is 19.7. The Morgan fingerprint density at radius 2 is 1.71 bits per heavy atom. The number of ether oxygens (including phenoxy) is 5. The first-order valence-corrected chi connectivity index (χ1v) is 12.9. The molecule has 4 aromatic rings. The minimum Gasteiger partial charge on any atom is -0.493 e. The molecule has 41 heavy (non-hydrogen) atoms. The minimum absolute atomic E-state index is 0.0332. The number of alkyl halides is 3. The van der Waals surface area contributed by atoms with E-state index in [0.29, 0.717) is 35.8 Å². The van der Waals surface area contributed by atoms with E-state index < -0.39 is 23.1 Å². The maximum absolute atomic E-state index is 14.2. The number of fused-ring (bicyclic) bond motifs is 3. The number of benzene rings is 3. The number of hydrogen-bond donors (Lipinski definition) is 0. The van der Waals surface area contributed by atoms with Crippen molar-refractivity contribution in [2.45, 2.75) is 26.1 Å². The zero-order valence-corrected chi connectivity index (χ0v) is 22.7. The molecule has 0 atom stereocenters. The molecule has 0 unspecified atom stereocenters. The van der Waals surface area contributed by atoms with Crippen molar-refractivity contribution in [2.75, 3.05) is 34.1 Å². The summed E-state index contributed by atoms with van der Waals surface area (Å²) in [4.78, 5) is 15.4. The Labute approximate surface area is 233 Å². The van der Waals surface area contributed by atoms with Crippen LogP contribution in [0.1, 0.15) is 23.8 Å². The third-order valence-corrected chi connectivity index (χ3v) is 6.65. The number of para-hydroxylation sites is 2. The molecular formula is C30H28F3NO7. The molecule has 216 valence electrons. The van der Waals surface area contributed by atoms with E-state index >= 15 is 0 Å². The van der Waals surface area contributed by atoms with Crippen LogP contribution in [-0.2, 0) is 19.1 Å². The summed E-state index contributed by atoms with van der Waals surface area (Å²) in [5.74, 6) is -0.763. The van der Waals surface area contributed by atoms with Gasteiger partial charge in [0.1, 0.15) is 18.1 Å². The molecule has 5 rings (SSSR count). The second-order valence-electron chi connectivity index (χ2n) is 9.25. The fourth-order valence-corrected chi connectivity index (χ4v) is 4.66. The Kier molecular flexibility index (Phi) is 7.98. The van der Waals surface area contributed by atoms with E-state index in [1.165, 1.54) is 12.1 Å². The molecule has 8 nitrogen and oxygen atoms in total. The molecule has 1 aromatic heterocycles. The lowest BCUT2D eigenvalue weighted by Gasteiger charge is -2.29. The Balaban J connectivity index is 1.48. The van der Waals surface area contributed by atoms with Gasteiger partial charge in [-0.1, -0.05) is 18.2 Å². The van der Waals surface area contributed by atoms with Crippen molar-refractivity contribution in [1.82, 2.24) is 4.90 Å². The topological polar surface area (TPSA) is 79.6 Å². The van der Waals surface area contributed by atoms with Crippen LogP contribution in [0, 0.1) is 0 Å². The highest BCUT2D eigenvalue weighted by molar-refractivity contribution is 5.84. The number of hydrogen-bond acceptors (Lipinski definition) is 8. The van der Waals surface area contributed by atoms with Gasteiger partial charge in [0.15, 0.2) is 23.0 Å². The largest absolute Gasteiger partial charge is 0.493 e. The van der Waals surface area contributed by atoms with Gasteiger partial charge in [0.2, 0.25) is 11.2 Å². The Morgan fingerprint density at radius 3 is 2.41 bits per heavy atom. The lowest BCUT2D eigenvalue weighted by atomic mass is 10.1. The van der Waals surface area contributed by atoms with Gasteiger partial charge in [-0.15, -0.1) is 0 Å². The average Bonchev–Trinajstić information content (AvgIpc) is 2.97. The highest BCUT2D eigenvalue weighted by Gasteiger charge is 2.41. The molecule has 1 aliphatic heterocycles. The molecular weight excluding hydrogens is 543 g/mol. The summed E-state index contributed by atoms with van der Waals surface area (Å²) in [5, 5.41) is -0.0500. The molecule has 0 saturated heterocycles. The molecule has 11 heteroatoms. The first kappa shape index (κ1) is 28.2. The number of rotatable bonds is 9. The van der Waals surface area contributed by atoms with Gasteiger partial charge in [-0.3, -0.25) is 9.69 Å². The summed E-state index contributed by atoms with van der Waals surface area (Å²) in [6, 6.07) is 14.7. The predicted octanol–water partition coefficient (Wildman–Crippen LogP) is 6.41. The summed E-state index contributed by atoms with van der Waals surface area (Å²) in [7, 11) is 3.11. The van der Waals surface area contributed by atoms with E-state index in [2.05, 4.69) is 0 Å². The van der Waals surface area contributed by atoms with E-state index in [4.69, 9.17) is 28.1 Å². The van der Waals surface area contributed by atoms with Crippen LogP contribution in [0.4, 0.5) is 13.2 Å². The SMILES string of the molecule is CCOc1ccccc1Oc1c(C(F)(F)F)oc2c3c(ccc2c1=O)OCN(CCc1ccc(OC)c(OC)c1)C3. The minimum atomic E-state index is -5.01. The van der Waals surface area contributed by atoms with Gasteiger partial charge in [0.05, 0.1) is 31.8 Å². The van der Waals surface area contributed by atoms with Crippen molar-refractivity contribution >= 4 is 11.0 Å². The molecule has 0 radical (unpaired) electrons. The highest BCUT2D eigenvalue weighted by atomic mass is 19.4. The number of methoxy groups -OCH3 is 2. The zero-order valence-electron chi connectivity index (χ0n) is 22.7. The van der Waals surface area contributed by atoms with Crippen molar-refractivity contribution in [2.24, 2.45) is 0 Å². The fraction of sp³-hybridized carbons (Fsp3) is 0.300. The summed E-state index contributed by atoms with van der Waals surface area (Å²) < 4.78 is 75.6. The maximum Gasteiger partial charge on any atom is 0.453 e. The summed E-state index contributed by atoms with van der Waals surface area (Å²) >= 11 is 0. The molecule has 0 spiro atoms. The van der Waals surface area contributed by atoms with Crippen molar-refractivity contribution in [3.63, 3.8) is 0 Å². The van der Waals surface area contributed by atoms with Crippen LogP contribution in [0.5, 0.6) is 34.5 Å². The zero-order chi connectivity index (χ0) is 29.1. The van der Waals surface area contributed by atoms with Gasteiger partial charge >= 0.3 is 6.18 Å². The highest BCUT2D eigenvalue weighted by Crippen LogP contribution is 2.42. The van der Waals surface area contributed by atoms with E-state index in [1.807, 2.05) is 23.1 Å². The van der Waals surface area contributed by atoms with Crippen LogP contribution >= 0.6 is 0 Å². The monoisotopic (exact) mass is 571 g/mol. The third-order valence-electron chi connectivity index (χ3n) is 6.65. The maximum atomic E-state index is 14.2. The van der Waals surface area contributed by atoms with Crippen molar-refractivity contribution in [1.29, 1.82) is 0 Å². The number of halogens is 3. The third kappa shape index (κ3) is 5.76. The van der Waals surface area contributed by atoms with Gasteiger partial charge in [-0.05, 0) is 55.3 Å². The van der Waals surface area contributed by atoms with Crippen LogP contribution < -0.4 is 29.1 Å².